The number of benzene rings is 1. The van der Waals surface area contributed by atoms with Crippen LogP contribution in [0.5, 0.6) is 0 Å². The Kier molecular flexibility index (Phi) is 6.67. The number of methoxy groups -OCH3 is 1. The Labute approximate surface area is 104 Å². The first-order chi connectivity index (χ1) is 8.24. The summed E-state index contributed by atoms with van der Waals surface area (Å²) < 4.78 is 10.3. The number of rotatable bonds is 8. The molecule has 3 nitrogen and oxygen atoms in total. The number of ether oxygens (including phenoxy) is 2. The van der Waals surface area contributed by atoms with Crippen LogP contribution in [0.4, 0.5) is 5.69 Å². The normalized spacial score (nSPS) is 10.5. The number of nitrogens with one attached hydrogen (secondary N) is 1. The Hall–Kier alpha value is -1.06. The van der Waals surface area contributed by atoms with Crippen molar-refractivity contribution in [3.8, 4) is 0 Å². The van der Waals surface area contributed by atoms with Gasteiger partial charge in [-0.15, -0.1) is 0 Å². The first-order valence-corrected chi connectivity index (χ1v) is 6.12. The van der Waals surface area contributed by atoms with Gasteiger partial charge in [-0.2, -0.15) is 0 Å². The number of hydrogen-bond donors (Lipinski definition) is 1. The molecule has 96 valence electrons. The van der Waals surface area contributed by atoms with E-state index in [0.717, 1.165) is 19.6 Å². The van der Waals surface area contributed by atoms with Crippen molar-refractivity contribution in [2.45, 2.75) is 20.3 Å². The van der Waals surface area contributed by atoms with Crippen molar-refractivity contribution in [3.63, 3.8) is 0 Å². The van der Waals surface area contributed by atoms with Crippen LogP contribution in [0.2, 0.25) is 0 Å². The van der Waals surface area contributed by atoms with E-state index in [-0.39, 0.29) is 0 Å². The zero-order valence-corrected chi connectivity index (χ0v) is 11.1. The summed E-state index contributed by atoms with van der Waals surface area (Å²) in [5.74, 6) is 0. The summed E-state index contributed by atoms with van der Waals surface area (Å²) >= 11 is 0. The lowest BCUT2D eigenvalue weighted by atomic mass is 10.1. The van der Waals surface area contributed by atoms with E-state index in [1.807, 2.05) is 0 Å². The van der Waals surface area contributed by atoms with E-state index in [9.17, 15) is 0 Å². The SMILES string of the molecule is COCCOCCCNc1ccc(C)c(C)c1. The molecule has 0 aromatic heterocycles. The molecule has 0 aliphatic rings. The molecule has 3 heteroatoms. The van der Waals surface area contributed by atoms with Crippen LogP contribution in [-0.4, -0.2) is 33.5 Å². The molecule has 17 heavy (non-hydrogen) atoms. The first kappa shape index (κ1) is 14.0. The molecule has 1 N–H and O–H groups in total. The average molecular weight is 237 g/mol. The number of hydrogen-bond acceptors (Lipinski definition) is 3. The van der Waals surface area contributed by atoms with Gasteiger partial charge in [-0.05, 0) is 43.5 Å². The molecular weight excluding hydrogens is 214 g/mol. The minimum atomic E-state index is 0.671. The predicted molar refractivity (Wildman–Crippen MR) is 71.7 cm³/mol. The molecule has 1 aromatic carbocycles. The van der Waals surface area contributed by atoms with Gasteiger partial charge in [-0.1, -0.05) is 6.07 Å². The molecule has 0 spiro atoms. The van der Waals surface area contributed by atoms with Gasteiger partial charge in [-0.25, -0.2) is 0 Å². The van der Waals surface area contributed by atoms with Crippen molar-refractivity contribution in [1.82, 2.24) is 0 Å². The Morgan fingerprint density at radius 2 is 1.88 bits per heavy atom. The molecule has 0 saturated heterocycles. The van der Waals surface area contributed by atoms with Crippen LogP contribution in [0.3, 0.4) is 0 Å². The highest BCUT2D eigenvalue weighted by molar-refractivity contribution is 5.47. The van der Waals surface area contributed by atoms with Crippen molar-refractivity contribution in [2.24, 2.45) is 0 Å². The topological polar surface area (TPSA) is 30.5 Å². The van der Waals surface area contributed by atoms with Gasteiger partial charge >= 0.3 is 0 Å². The highest BCUT2D eigenvalue weighted by Crippen LogP contribution is 2.13. The van der Waals surface area contributed by atoms with Crippen molar-refractivity contribution in [1.29, 1.82) is 0 Å². The molecule has 0 aliphatic heterocycles. The Balaban J connectivity index is 2.11. The third kappa shape index (κ3) is 5.71. The highest BCUT2D eigenvalue weighted by Gasteiger charge is 1.95. The molecule has 0 unspecified atom stereocenters. The summed E-state index contributed by atoms with van der Waals surface area (Å²) in [5, 5.41) is 3.39. The zero-order valence-electron chi connectivity index (χ0n) is 11.1. The highest BCUT2D eigenvalue weighted by atomic mass is 16.5. The van der Waals surface area contributed by atoms with Crippen molar-refractivity contribution < 1.29 is 9.47 Å². The molecule has 1 rings (SSSR count). The Bertz CT molecular complexity index is 326. The van der Waals surface area contributed by atoms with Crippen LogP contribution in [0.15, 0.2) is 18.2 Å². The average Bonchev–Trinajstić information content (AvgIpc) is 2.32. The fourth-order valence-electron chi connectivity index (χ4n) is 1.50. The van der Waals surface area contributed by atoms with Gasteiger partial charge in [0.15, 0.2) is 0 Å². The lowest BCUT2D eigenvalue weighted by molar-refractivity contribution is 0.0705. The summed E-state index contributed by atoms with van der Waals surface area (Å²) in [6.07, 6.45) is 1.01. The largest absolute Gasteiger partial charge is 0.385 e. The maximum absolute atomic E-state index is 5.39. The molecular formula is C14H23NO2. The van der Waals surface area contributed by atoms with Gasteiger partial charge in [0.05, 0.1) is 13.2 Å². The summed E-state index contributed by atoms with van der Waals surface area (Å²) in [6, 6.07) is 6.45. The summed E-state index contributed by atoms with van der Waals surface area (Å²) in [7, 11) is 1.69. The quantitative estimate of drug-likeness (QED) is 0.705. The molecule has 0 bridgehead atoms. The zero-order chi connectivity index (χ0) is 12.5. The van der Waals surface area contributed by atoms with Gasteiger partial charge in [-0.3, -0.25) is 0 Å². The second-order valence-corrected chi connectivity index (χ2v) is 4.18. The van der Waals surface area contributed by atoms with Crippen LogP contribution < -0.4 is 5.32 Å². The van der Waals surface area contributed by atoms with Gasteiger partial charge in [0.1, 0.15) is 0 Å². The molecule has 0 saturated carbocycles. The maximum atomic E-state index is 5.39. The molecule has 0 radical (unpaired) electrons. The van der Waals surface area contributed by atoms with Crippen LogP contribution in [0.25, 0.3) is 0 Å². The van der Waals surface area contributed by atoms with Crippen LogP contribution in [0, 0.1) is 13.8 Å². The minimum absolute atomic E-state index is 0.671. The van der Waals surface area contributed by atoms with Crippen molar-refractivity contribution >= 4 is 5.69 Å². The standard InChI is InChI=1S/C14H23NO2/c1-12-5-6-14(11-13(12)2)15-7-4-8-17-10-9-16-3/h5-6,11,15H,4,7-10H2,1-3H3. The van der Waals surface area contributed by atoms with Gasteiger partial charge in [0.2, 0.25) is 0 Å². The fourth-order valence-corrected chi connectivity index (χ4v) is 1.50. The smallest absolute Gasteiger partial charge is 0.0700 e. The molecule has 0 amide bonds. The summed E-state index contributed by atoms with van der Waals surface area (Å²) in [4.78, 5) is 0. The van der Waals surface area contributed by atoms with Crippen LogP contribution in [-0.2, 0) is 9.47 Å². The second kappa shape index (κ2) is 8.09. The lowest BCUT2D eigenvalue weighted by Gasteiger charge is -2.09. The molecule has 0 atom stereocenters. The Morgan fingerprint density at radius 1 is 1.06 bits per heavy atom. The van der Waals surface area contributed by atoms with E-state index >= 15 is 0 Å². The van der Waals surface area contributed by atoms with E-state index < -0.39 is 0 Å². The molecule has 0 aliphatic carbocycles. The molecule has 1 aromatic rings. The van der Waals surface area contributed by atoms with E-state index in [1.54, 1.807) is 7.11 Å². The van der Waals surface area contributed by atoms with E-state index in [0.29, 0.717) is 13.2 Å². The molecule has 0 fully saturated rings. The van der Waals surface area contributed by atoms with Crippen molar-refractivity contribution in [3.05, 3.63) is 29.3 Å². The first-order valence-electron chi connectivity index (χ1n) is 6.12. The number of anilines is 1. The number of aryl methyl sites for hydroxylation is 2. The predicted octanol–water partition coefficient (Wildman–Crippen LogP) is 2.77. The lowest BCUT2D eigenvalue weighted by Crippen LogP contribution is -2.08. The monoisotopic (exact) mass is 237 g/mol. The Morgan fingerprint density at radius 3 is 2.59 bits per heavy atom. The fraction of sp³-hybridized carbons (Fsp3) is 0.571. The van der Waals surface area contributed by atoms with Gasteiger partial charge < -0.3 is 14.8 Å². The third-order valence-electron chi connectivity index (χ3n) is 2.73. The van der Waals surface area contributed by atoms with E-state index in [2.05, 4.69) is 37.4 Å². The second-order valence-electron chi connectivity index (χ2n) is 4.18. The van der Waals surface area contributed by atoms with Crippen LogP contribution >= 0.6 is 0 Å². The minimum Gasteiger partial charge on any atom is -0.385 e. The van der Waals surface area contributed by atoms with E-state index in [4.69, 9.17) is 9.47 Å². The third-order valence-corrected chi connectivity index (χ3v) is 2.73. The van der Waals surface area contributed by atoms with E-state index in [1.165, 1.54) is 16.8 Å². The summed E-state index contributed by atoms with van der Waals surface area (Å²) in [5.41, 5.74) is 3.84. The summed E-state index contributed by atoms with van der Waals surface area (Å²) in [6.45, 7) is 7.33. The maximum Gasteiger partial charge on any atom is 0.0700 e. The van der Waals surface area contributed by atoms with Gasteiger partial charge in [0.25, 0.3) is 0 Å². The molecule has 0 heterocycles. The van der Waals surface area contributed by atoms with Gasteiger partial charge in [0, 0.05) is 25.9 Å². The van der Waals surface area contributed by atoms with Crippen molar-refractivity contribution in [2.75, 3.05) is 38.8 Å². The van der Waals surface area contributed by atoms with Crippen LogP contribution in [0.1, 0.15) is 17.5 Å².